The third-order valence-electron chi connectivity index (χ3n) is 3.24. The van der Waals surface area contributed by atoms with E-state index in [1.807, 2.05) is 13.8 Å². The summed E-state index contributed by atoms with van der Waals surface area (Å²) in [6.07, 6.45) is 0.626. The van der Waals surface area contributed by atoms with E-state index >= 15 is 0 Å². The van der Waals surface area contributed by atoms with E-state index in [0.717, 1.165) is 0 Å². The van der Waals surface area contributed by atoms with Crippen LogP contribution >= 0.6 is 0 Å². The molecule has 1 atom stereocenters. The van der Waals surface area contributed by atoms with E-state index in [0.29, 0.717) is 6.42 Å². The maximum absolute atomic E-state index is 11.9. The lowest BCUT2D eigenvalue weighted by molar-refractivity contribution is -0.136. The van der Waals surface area contributed by atoms with Crippen molar-refractivity contribution in [3.05, 3.63) is 20.8 Å². The van der Waals surface area contributed by atoms with Crippen LogP contribution in [0.2, 0.25) is 0 Å². The lowest BCUT2D eigenvalue weighted by atomic mass is 10.2. The van der Waals surface area contributed by atoms with Gasteiger partial charge in [-0.2, -0.15) is 4.98 Å². The topological polar surface area (TPSA) is 133 Å². The van der Waals surface area contributed by atoms with E-state index in [1.54, 1.807) is 0 Å². The van der Waals surface area contributed by atoms with Crippen LogP contribution in [0.25, 0.3) is 11.2 Å². The van der Waals surface area contributed by atoms with Gasteiger partial charge in [0.05, 0.1) is 6.42 Å². The van der Waals surface area contributed by atoms with Crippen molar-refractivity contribution in [2.75, 3.05) is 11.9 Å². The number of H-pyrrole nitrogens is 2. The van der Waals surface area contributed by atoms with Crippen molar-refractivity contribution in [2.45, 2.75) is 32.7 Å². The van der Waals surface area contributed by atoms with Crippen molar-refractivity contribution >= 4 is 23.1 Å². The van der Waals surface area contributed by atoms with E-state index in [1.165, 1.54) is 4.57 Å². The maximum Gasteiger partial charge on any atom is 0.330 e. The minimum atomic E-state index is -0.937. The largest absolute Gasteiger partial charge is 0.481 e. The highest BCUT2D eigenvalue weighted by Crippen LogP contribution is 2.15. The number of aromatic nitrogens is 4. The van der Waals surface area contributed by atoms with Gasteiger partial charge in [-0.15, -0.1) is 0 Å². The van der Waals surface area contributed by atoms with E-state index in [4.69, 9.17) is 5.11 Å². The molecule has 1 unspecified atom stereocenters. The fourth-order valence-electron chi connectivity index (χ4n) is 1.98. The number of hydrogen-bond acceptors (Lipinski definition) is 5. The Morgan fingerprint density at radius 3 is 2.76 bits per heavy atom. The summed E-state index contributed by atoms with van der Waals surface area (Å²) >= 11 is 0. The second-order valence-electron chi connectivity index (χ2n) is 4.74. The molecule has 0 saturated heterocycles. The van der Waals surface area contributed by atoms with Gasteiger partial charge in [-0.05, 0) is 13.3 Å². The molecular formula is C12H17N5O4. The summed E-state index contributed by atoms with van der Waals surface area (Å²) in [4.78, 5) is 43.4. The molecule has 0 aromatic carbocycles. The van der Waals surface area contributed by atoms with Gasteiger partial charge in [0.1, 0.15) is 0 Å². The zero-order valence-electron chi connectivity index (χ0n) is 11.8. The molecule has 2 aromatic rings. The molecule has 0 amide bonds. The number of aliphatic carboxylic acids is 1. The molecule has 2 rings (SSSR count). The number of rotatable bonds is 6. The quantitative estimate of drug-likeness (QED) is 0.604. The van der Waals surface area contributed by atoms with Crippen LogP contribution in [0.5, 0.6) is 0 Å². The predicted molar refractivity (Wildman–Crippen MR) is 76.7 cm³/mol. The molecule has 2 heterocycles. The molecule has 2 aromatic heterocycles. The molecule has 114 valence electrons. The predicted octanol–water partition coefficient (Wildman–Crippen LogP) is 0.270. The van der Waals surface area contributed by atoms with E-state index < -0.39 is 17.2 Å². The first-order valence-electron chi connectivity index (χ1n) is 6.64. The van der Waals surface area contributed by atoms with E-state index in [9.17, 15) is 14.4 Å². The number of carboxylic acid groups (broad SMARTS) is 1. The van der Waals surface area contributed by atoms with Crippen molar-refractivity contribution < 1.29 is 9.90 Å². The number of nitrogens with zero attached hydrogens (tertiary/aromatic N) is 2. The second kappa shape index (κ2) is 5.81. The molecule has 0 aliphatic rings. The molecule has 9 heteroatoms. The van der Waals surface area contributed by atoms with Crippen LogP contribution in [0.1, 0.15) is 32.7 Å². The summed E-state index contributed by atoms with van der Waals surface area (Å²) < 4.78 is 1.41. The SMILES string of the molecule is CCC(C)n1c(=O)[nH]c(=O)c2[nH]c(NCCC(=O)O)nc21. The summed E-state index contributed by atoms with van der Waals surface area (Å²) in [6, 6.07) is -0.119. The number of carbonyl (C=O) groups is 1. The first kappa shape index (κ1) is 14.8. The number of aromatic amines is 2. The van der Waals surface area contributed by atoms with Crippen LogP contribution < -0.4 is 16.6 Å². The molecule has 9 nitrogen and oxygen atoms in total. The smallest absolute Gasteiger partial charge is 0.330 e. The van der Waals surface area contributed by atoms with Crippen LogP contribution in [-0.2, 0) is 4.79 Å². The second-order valence-corrected chi connectivity index (χ2v) is 4.74. The molecule has 0 aliphatic heterocycles. The Kier molecular flexibility index (Phi) is 4.10. The minimum Gasteiger partial charge on any atom is -0.481 e. The van der Waals surface area contributed by atoms with Crippen LogP contribution in [0.4, 0.5) is 5.95 Å². The van der Waals surface area contributed by atoms with Crippen LogP contribution in [0.3, 0.4) is 0 Å². The number of nitrogens with one attached hydrogen (secondary N) is 3. The first-order valence-corrected chi connectivity index (χ1v) is 6.64. The molecule has 0 fully saturated rings. The Morgan fingerprint density at radius 1 is 1.43 bits per heavy atom. The molecule has 0 saturated carbocycles. The molecular weight excluding hydrogens is 278 g/mol. The minimum absolute atomic E-state index is 0.0778. The third kappa shape index (κ3) is 2.96. The molecule has 0 aliphatic carbocycles. The summed E-state index contributed by atoms with van der Waals surface area (Å²) in [5.74, 6) is -0.674. The van der Waals surface area contributed by atoms with Crippen LogP contribution in [0.15, 0.2) is 9.59 Å². The van der Waals surface area contributed by atoms with E-state index in [-0.39, 0.29) is 36.1 Å². The van der Waals surface area contributed by atoms with E-state index in [2.05, 4.69) is 20.3 Å². The molecule has 4 N–H and O–H groups in total. The highest BCUT2D eigenvalue weighted by atomic mass is 16.4. The number of fused-ring (bicyclic) bond motifs is 1. The lowest BCUT2D eigenvalue weighted by Gasteiger charge is -2.12. The third-order valence-corrected chi connectivity index (χ3v) is 3.24. The maximum atomic E-state index is 11.9. The number of hydrogen-bond donors (Lipinski definition) is 4. The van der Waals surface area contributed by atoms with Gasteiger partial charge in [0.2, 0.25) is 5.95 Å². The van der Waals surface area contributed by atoms with Gasteiger partial charge in [0.15, 0.2) is 11.2 Å². The Hall–Kier alpha value is -2.58. The summed E-state index contributed by atoms with van der Waals surface area (Å²) in [5, 5.41) is 11.4. The van der Waals surface area contributed by atoms with Crippen molar-refractivity contribution in [3.8, 4) is 0 Å². The number of carboxylic acids is 1. The Morgan fingerprint density at radius 2 is 2.14 bits per heavy atom. The van der Waals surface area contributed by atoms with Gasteiger partial charge >= 0.3 is 11.7 Å². The highest BCUT2D eigenvalue weighted by molar-refractivity contribution is 5.73. The molecule has 0 bridgehead atoms. The molecule has 0 spiro atoms. The zero-order chi connectivity index (χ0) is 15.6. The average Bonchev–Trinajstić information content (AvgIpc) is 2.82. The van der Waals surface area contributed by atoms with Gasteiger partial charge in [0.25, 0.3) is 5.56 Å². The van der Waals surface area contributed by atoms with Crippen molar-refractivity contribution in [2.24, 2.45) is 0 Å². The fourth-order valence-corrected chi connectivity index (χ4v) is 1.98. The normalized spacial score (nSPS) is 12.5. The number of imidazole rings is 1. The average molecular weight is 295 g/mol. The standard InChI is InChI=1S/C12H17N5O4/c1-3-6(2)17-9-8(10(20)16-12(17)21)14-11(15-9)13-5-4-7(18)19/h6H,3-5H2,1-2H3,(H,18,19)(H2,13,14,15)(H,16,20,21). The highest BCUT2D eigenvalue weighted by Gasteiger charge is 2.16. The Bertz CT molecular complexity index is 772. The van der Waals surface area contributed by atoms with Crippen molar-refractivity contribution in [3.63, 3.8) is 0 Å². The van der Waals surface area contributed by atoms with Gasteiger partial charge in [-0.3, -0.25) is 19.1 Å². The molecule has 21 heavy (non-hydrogen) atoms. The van der Waals surface area contributed by atoms with Crippen LogP contribution in [0, 0.1) is 0 Å². The van der Waals surface area contributed by atoms with Gasteiger partial charge in [0, 0.05) is 12.6 Å². The first-order chi connectivity index (χ1) is 9.93. The Balaban J connectivity index is 2.45. The molecule has 0 radical (unpaired) electrons. The van der Waals surface area contributed by atoms with Gasteiger partial charge < -0.3 is 15.4 Å². The van der Waals surface area contributed by atoms with Gasteiger partial charge in [-0.1, -0.05) is 6.92 Å². The summed E-state index contributed by atoms with van der Waals surface area (Å²) in [6.45, 7) is 3.94. The van der Waals surface area contributed by atoms with Crippen molar-refractivity contribution in [1.29, 1.82) is 0 Å². The fraction of sp³-hybridized carbons (Fsp3) is 0.500. The Labute approximate surface area is 119 Å². The van der Waals surface area contributed by atoms with Crippen molar-refractivity contribution in [1.82, 2.24) is 19.5 Å². The summed E-state index contributed by atoms with van der Waals surface area (Å²) in [5.41, 5.74) is -0.609. The van der Waals surface area contributed by atoms with Crippen LogP contribution in [-0.4, -0.2) is 37.1 Å². The summed E-state index contributed by atoms with van der Waals surface area (Å²) in [7, 11) is 0. The zero-order valence-corrected chi connectivity index (χ0v) is 11.8. The lowest BCUT2D eigenvalue weighted by Crippen LogP contribution is -2.32. The number of anilines is 1. The monoisotopic (exact) mass is 295 g/mol. The van der Waals surface area contributed by atoms with Gasteiger partial charge in [-0.25, -0.2) is 4.79 Å².